The number of nitrogens with zero attached hydrogens (tertiary/aromatic N) is 1. The molecule has 214 valence electrons. The lowest BCUT2D eigenvalue weighted by Crippen LogP contribution is -2.36. The molecule has 0 radical (unpaired) electrons. The van der Waals surface area contributed by atoms with Gasteiger partial charge in [-0.2, -0.15) is 0 Å². The van der Waals surface area contributed by atoms with Crippen LogP contribution >= 0.6 is 0 Å². The largest absolute Gasteiger partial charge is 0.375 e. The minimum absolute atomic E-state index is 0.499. The number of hydrogen-bond donors (Lipinski definition) is 1. The molecule has 0 aromatic heterocycles. The van der Waals surface area contributed by atoms with Crippen molar-refractivity contribution in [2.75, 3.05) is 13.6 Å². The summed E-state index contributed by atoms with van der Waals surface area (Å²) in [6, 6.07) is 7.73. The second-order valence-corrected chi connectivity index (χ2v) is 13.5. The predicted octanol–water partition coefficient (Wildman–Crippen LogP) is 9.62. The lowest BCUT2D eigenvalue weighted by atomic mass is 9.68. The van der Waals surface area contributed by atoms with Gasteiger partial charge in [-0.05, 0) is 149 Å². The van der Waals surface area contributed by atoms with Crippen molar-refractivity contribution in [3.63, 3.8) is 0 Å². The molecule has 38 heavy (non-hydrogen) atoms. The quantitative estimate of drug-likeness (QED) is 0.168. The smallest absolute Gasteiger partial charge is 0.126 e. The van der Waals surface area contributed by atoms with Crippen molar-refractivity contribution >= 4 is 0 Å². The molecule has 3 saturated carbocycles. The van der Waals surface area contributed by atoms with Crippen LogP contribution in [0.25, 0.3) is 0 Å². The van der Waals surface area contributed by atoms with Crippen molar-refractivity contribution < 1.29 is 5.11 Å². The second-order valence-electron chi connectivity index (χ2n) is 13.5. The molecule has 1 unspecified atom stereocenters. The van der Waals surface area contributed by atoms with Crippen LogP contribution in [-0.4, -0.2) is 29.8 Å². The van der Waals surface area contributed by atoms with E-state index in [0.29, 0.717) is 0 Å². The van der Waals surface area contributed by atoms with E-state index in [4.69, 9.17) is 0 Å². The van der Waals surface area contributed by atoms with Crippen LogP contribution in [0.15, 0.2) is 30.9 Å². The Morgan fingerprint density at radius 1 is 0.842 bits per heavy atom. The van der Waals surface area contributed by atoms with Gasteiger partial charge < -0.3 is 5.11 Å². The zero-order chi connectivity index (χ0) is 26.9. The Balaban J connectivity index is 1.23. The van der Waals surface area contributed by atoms with Crippen molar-refractivity contribution in [1.82, 2.24) is 4.90 Å². The lowest BCUT2D eigenvalue weighted by Gasteiger charge is -2.39. The summed E-state index contributed by atoms with van der Waals surface area (Å²) in [5, 5.41) is 10.00. The van der Waals surface area contributed by atoms with Crippen molar-refractivity contribution in [1.29, 1.82) is 0 Å². The topological polar surface area (TPSA) is 23.5 Å². The summed E-state index contributed by atoms with van der Waals surface area (Å²) in [4.78, 5) is 2.05. The highest BCUT2D eigenvalue weighted by molar-refractivity contribution is 5.36. The summed E-state index contributed by atoms with van der Waals surface area (Å²) in [6.45, 7) is 9.44. The highest BCUT2D eigenvalue weighted by atomic mass is 16.3. The van der Waals surface area contributed by atoms with Crippen LogP contribution in [0.4, 0.5) is 0 Å². The second kappa shape index (κ2) is 15.0. The van der Waals surface area contributed by atoms with Gasteiger partial charge in [0.25, 0.3) is 0 Å². The molecule has 3 aliphatic rings. The molecule has 1 atom stereocenters. The summed E-state index contributed by atoms with van der Waals surface area (Å²) >= 11 is 0. The van der Waals surface area contributed by atoms with E-state index >= 15 is 0 Å². The number of likely N-dealkylation sites (N-methyl/N-ethyl adjacent to an activating group) is 1. The lowest BCUT2D eigenvalue weighted by molar-refractivity contribution is 0.0404. The van der Waals surface area contributed by atoms with Gasteiger partial charge in [-0.1, -0.05) is 64.3 Å². The monoisotopic (exact) mass is 521 g/mol. The van der Waals surface area contributed by atoms with Gasteiger partial charge in [-0.15, -0.1) is 0 Å². The molecule has 0 spiro atoms. The molecular formula is C36H59NO. The molecule has 4 rings (SSSR count). The van der Waals surface area contributed by atoms with Gasteiger partial charge in [0.05, 0.1) is 0 Å². The molecule has 1 aromatic carbocycles. The molecular weight excluding hydrogens is 462 g/mol. The molecule has 3 fully saturated rings. The highest BCUT2D eigenvalue weighted by Crippen LogP contribution is 2.45. The molecule has 2 heteroatoms. The molecule has 2 nitrogen and oxygen atoms in total. The van der Waals surface area contributed by atoms with Crippen LogP contribution in [0, 0.1) is 23.7 Å². The highest BCUT2D eigenvalue weighted by Gasteiger charge is 2.32. The molecule has 0 aliphatic heterocycles. The minimum atomic E-state index is -0.499. The fraction of sp³-hybridized carbons (Fsp3) is 0.778. The molecule has 0 amide bonds. The minimum Gasteiger partial charge on any atom is -0.375 e. The first kappa shape index (κ1) is 29.9. The maximum Gasteiger partial charge on any atom is 0.126 e. The Labute approximate surface area is 235 Å². The predicted molar refractivity (Wildman–Crippen MR) is 164 cm³/mol. The van der Waals surface area contributed by atoms with Crippen molar-refractivity contribution in [2.24, 2.45) is 23.7 Å². The van der Waals surface area contributed by atoms with E-state index in [0.717, 1.165) is 42.1 Å². The van der Waals surface area contributed by atoms with E-state index in [2.05, 4.69) is 43.5 Å². The van der Waals surface area contributed by atoms with E-state index in [1.807, 2.05) is 7.05 Å². The average Bonchev–Trinajstić information content (AvgIpc) is 2.97. The van der Waals surface area contributed by atoms with E-state index in [-0.39, 0.29) is 0 Å². The maximum absolute atomic E-state index is 10.00. The van der Waals surface area contributed by atoms with Crippen LogP contribution in [0.3, 0.4) is 0 Å². The number of benzene rings is 1. The van der Waals surface area contributed by atoms with Gasteiger partial charge in [0.15, 0.2) is 0 Å². The number of aryl methyl sites for hydroxylation is 1. The Hall–Kier alpha value is -1.12. The van der Waals surface area contributed by atoms with Gasteiger partial charge in [0.2, 0.25) is 0 Å². The first-order chi connectivity index (χ1) is 18.5. The van der Waals surface area contributed by atoms with E-state index < -0.39 is 6.23 Å². The summed E-state index contributed by atoms with van der Waals surface area (Å²) in [6.07, 6.45) is 24.9. The van der Waals surface area contributed by atoms with Crippen molar-refractivity contribution in [2.45, 2.75) is 141 Å². The van der Waals surface area contributed by atoms with Gasteiger partial charge >= 0.3 is 0 Å². The molecule has 0 heterocycles. The van der Waals surface area contributed by atoms with E-state index in [1.165, 1.54) is 109 Å². The zero-order valence-corrected chi connectivity index (χ0v) is 25.2. The molecule has 1 N–H and O–H groups in total. The van der Waals surface area contributed by atoms with Gasteiger partial charge in [-0.3, -0.25) is 4.90 Å². The summed E-state index contributed by atoms with van der Waals surface area (Å²) in [5.41, 5.74) is 4.99. The number of rotatable bonds is 12. The van der Waals surface area contributed by atoms with Gasteiger partial charge in [-0.25, -0.2) is 0 Å². The van der Waals surface area contributed by atoms with Crippen LogP contribution < -0.4 is 0 Å². The normalized spacial score (nSPS) is 31.3. The third kappa shape index (κ3) is 7.97. The van der Waals surface area contributed by atoms with E-state index in [1.54, 1.807) is 22.8 Å². The Bertz CT molecular complexity index is 824. The van der Waals surface area contributed by atoms with Crippen LogP contribution in [-0.2, 0) is 6.42 Å². The SMILES string of the molecule is C=CC(O)N(C)CC1CCC(C2CCC(c3ccc(C4CCC(CCCCC)CC4)c(CC)c3)CC2)CC1. The molecule has 0 bridgehead atoms. The van der Waals surface area contributed by atoms with E-state index in [9.17, 15) is 5.11 Å². The Morgan fingerprint density at radius 2 is 1.45 bits per heavy atom. The number of aliphatic hydroxyl groups is 1. The summed E-state index contributed by atoms with van der Waals surface area (Å²) in [5.74, 6) is 5.22. The summed E-state index contributed by atoms with van der Waals surface area (Å²) in [7, 11) is 2.02. The fourth-order valence-corrected chi connectivity index (χ4v) is 8.49. The number of aliphatic hydroxyl groups excluding tert-OH is 1. The molecule has 1 aromatic rings. The van der Waals surface area contributed by atoms with Crippen LogP contribution in [0.2, 0.25) is 0 Å². The third-order valence-corrected chi connectivity index (χ3v) is 11.1. The number of unbranched alkanes of at least 4 members (excludes halogenated alkanes) is 2. The van der Waals surface area contributed by atoms with Gasteiger partial charge in [0.1, 0.15) is 6.23 Å². The fourth-order valence-electron chi connectivity index (χ4n) is 8.49. The van der Waals surface area contributed by atoms with Crippen molar-refractivity contribution in [3.05, 3.63) is 47.5 Å². The van der Waals surface area contributed by atoms with Crippen LogP contribution in [0.5, 0.6) is 0 Å². The van der Waals surface area contributed by atoms with Crippen LogP contribution in [0.1, 0.15) is 145 Å². The van der Waals surface area contributed by atoms with Crippen molar-refractivity contribution in [3.8, 4) is 0 Å². The maximum atomic E-state index is 10.00. The third-order valence-electron chi connectivity index (χ3n) is 11.1. The number of hydrogen-bond acceptors (Lipinski definition) is 2. The zero-order valence-electron chi connectivity index (χ0n) is 25.2. The van der Waals surface area contributed by atoms with Gasteiger partial charge in [0, 0.05) is 6.54 Å². The molecule has 3 aliphatic carbocycles. The Kier molecular flexibility index (Phi) is 11.8. The standard InChI is InChI=1S/C36H59NO/c1-5-8-9-10-27-11-17-33(18-12-27)35-24-23-34(25-29(35)6-2)32-21-19-31(20-22-32)30-15-13-28(14-16-30)26-37(4)36(38)7-3/h7,23-25,27-28,30-33,36,38H,3,5-6,8-22,26H2,1-2,4H3. The Morgan fingerprint density at radius 3 is 2.05 bits per heavy atom. The molecule has 0 saturated heterocycles. The summed E-state index contributed by atoms with van der Waals surface area (Å²) < 4.78 is 0. The average molecular weight is 522 g/mol. The first-order valence-electron chi connectivity index (χ1n) is 16.7. The first-order valence-corrected chi connectivity index (χ1v) is 16.7.